The van der Waals surface area contributed by atoms with Gasteiger partial charge in [0, 0.05) is 49.6 Å². The van der Waals surface area contributed by atoms with Crippen LogP contribution in [0.5, 0.6) is 0 Å². The Balaban J connectivity index is 1.51. The smallest absolute Gasteiger partial charge is 0.251 e. The Morgan fingerprint density at radius 1 is 1.18 bits per heavy atom. The van der Waals surface area contributed by atoms with Gasteiger partial charge >= 0.3 is 0 Å². The lowest BCUT2D eigenvalue weighted by Gasteiger charge is -2.30. The number of hydrogen-bond acceptors (Lipinski definition) is 6. The molecule has 0 unspecified atom stereocenters. The molecule has 5 rings (SSSR count). The third kappa shape index (κ3) is 4.63. The summed E-state index contributed by atoms with van der Waals surface area (Å²) in [7, 11) is 0. The van der Waals surface area contributed by atoms with E-state index >= 15 is 0 Å². The average Bonchev–Trinajstić information content (AvgIpc) is 3.22. The van der Waals surface area contributed by atoms with Gasteiger partial charge in [0.1, 0.15) is 0 Å². The van der Waals surface area contributed by atoms with E-state index in [4.69, 9.17) is 4.74 Å². The van der Waals surface area contributed by atoms with Crippen LogP contribution in [-0.2, 0) is 17.7 Å². The predicted molar refractivity (Wildman–Crippen MR) is 135 cm³/mol. The van der Waals surface area contributed by atoms with Crippen LogP contribution in [-0.4, -0.2) is 43.0 Å². The van der Waals surface area contributed by atoms with E-state index in [1.807, 2.05) is 30.3 Å². The first kappa shape index (κ1) is 22.7. The normalized spacial score (nSPS) is 17.4. The highest BCUT2D eigenvalue weighted by molar-refractivity contribution is 7.19. The fraction of sp³-hybridized carbons (Fsp3) is 0.370. The number of thiophene rings is 1. The summed E-state index contributed by atoms with van der Waals surface area (Å²) in [5.74, 6) is 0.0986. The molecule has 2 aliphatic rings. The third-order valence-corrected chi connectivity index (χ3v) is 7.76. The number of aromatic nitrogens is 1. The number of hydrogen-bond donors (Lipinski definition) is 1. The summed E-state index contributed by atoms with van der Waals surface area (Å²) in [6.45, 7) is 7.70. The van der Waals surface area contributed by atoms with E-state index in [1.54, 1.807) is 23.7 Å². The summed E-state index contributed by atoms with van der Waals surface area (Å²) in [5.41, 5.74) is 4.69. The second kappa shape index (κ2) is 9.31. The highest BCUT2D eigenvalue weighted by Gasteiger charge is 2.37. The van der Waals surface area contributed by atoms with Crippen LogP contribution in [0, 0.1) is 5.41 Å². The monoisotopic (exact) mass is 475 g/mol. The van der Waals surface area contributed by atoms with Gasteiger partial charge in [-0.05, 0) is 46.7 Å². The lowest BCUT2D eigenvalue weighted by Crippen LogP contribution is -2.36. The molecule has 1 aliphatic heterocycles. The van der Waals surface area contributed by atoms with Crippen molar-refractivity contribution in [1.29, 1.82) is 0 Å². The fourth-order valence-electron chi connectivity index (χ4n) is 4.79. The molecule has 6 nitrogen and oxygen atoms in total. The maximum atomic E-state index is 13.1. The van der Waals surface area contributed by atoms with Crippen molar-refractivity contribution in [2.24, 2.45) is 5.41 Å². The number of pyridine rings is 1. The molecular formula is C27H29N3O3S. The summed E-state index contributed by atoms with van der Waals surface area (Å²) >= 11 is 1.61. The molecule has 2 aromatic heterocycles. The Bertz CT molecular complexity index is 1210. The van der Waals surface area contributed by atoms with Crippen molar-refractivity contribution in [2.75, 3.05) is 31.2 Å². The van der Waals surface area contributed by atoms with E-state index in [1.165, 1.54) is 0 Å². The van der Waals surface area contributed by atoms with Gasteiger partial charge in [-0.15, -0.1) is 11.3 Å². The molecule has 3 heterocycles. The lowest BCUT2D eigenvalue weighted by molar-refractivity contribution is 0.0915. The zero-order chi connectivity index (χ0) is 23.7. The van der Waals surface area contributed by atoms with Gasteiger partial charge in [-0.2, -0.15) is 0 Å². The van der Waals surface area contributed by atoms with Crippen LogP contribution in [0.2, 0.25) is 0 Å². The van der Waals surface area contributed by atoms with E-state index in [9.17, 15) is 9.59 Å². The van der Waals surface area contributed by atoms with Crippen molar-refractivity contribution in [3.05, 3.63) is 70.4 Å². The van der Waals surface area contributed by atoms with E-state index in [-0.39, 0.29) is 17.1 Å². The number of Topliss-reactive ketones (excluding diaryl/α,β-unsaturated/α-hetero) is 1. The molecule has 0 atom stereocenters. The summed E-state index contributed by atoms with van der Waals surface area (Å²) < 4.78 is 5.58. The van der Waals surface area contributed by atoms with Crippen molar-refractivity contribution in [2.45, 2.75) is 33.2 Å². The lowest BCUT2D eigenvalue weighted by atomic mass is 9.75. The summed E-state index contributed by atoms with van der Waals surface area (Å²) in [4.78, 5) is 33.3. The van der Waals surface area contributed by atoms with Gasteiger partial charge in [0.2, 0.25) is 0 Å². The highest BCUT2D eigenvalue weighted by atomic mass is 32.1. The number of ketones is 1. The van der Waals surface area contributed by atoms with Crippen LogP contribution >= 0.6 is 11.3 Å². The Morgan fingerprint density at radius 2 is 2.00 bits per heavy atom. The number of benzene rings is 1. The van der Waals surface area contributed by atoms with Crippen molar-refractivity contribution < 1.29 is 14.3 Å². The summed E-state index contributed by atoms with van der Waals surface area (Å²) in [6.07, 6.45) is 4.89. The van der Waals surface area contributed by atoms with Crippen LogP contribution in [0.4, 0.5) is 5.00 Å². The number of nitrogens with one attached hydrogen (secondary N) is 1. The largest absolute Gasteiger partial charge is 0.378 e. The Morgan fingerprint density at radius 3 is 2.76 bits per heavy atom. The maximum Gasteiger partial charge on any atom is 0.251 e. The summed E-state index contributed by atoms with van der Waals surface area (Å²) in [5, 5.41) is 4.11. The fourth-order valence-corrected chi connectivity index (χ4v) is 6.12. The van der Waals surface area contributed by atoms with Crippen LogP contribution in [0.1, 0.15) is 51.4 Å². The van der Waals surface area contributed by atoms with Gasteiger partial charge in [-0.3, -0.25) is 14.6 Å². The van der Waals surface area contributed by atoms with Gasteiger partial charge in [-0.1, -0.05) is 32.0 Å². The average molecular weight is 476 g/mol. The second-order valence-corrected chi connectivity index (χ2v) is 10.8. The molecule has 1 aliphatic carbocycles. The van der Waals surface area contributed by atoms with Crippen molar-refractivity contribution in [3.63, 3.8) is 0 Å². The quantitative estimate of drug-likeness (QED) is 0.578. The zero-order valence-corrected chi connectivity index (χ0v) is 20.4. The molecule has 1 amide bonds. The first-order chi connectivity index (χ1) is 16.4. The zero-order valence-electron chi connectivity index (χ0n) is 19.6. The number of amides is 1. The number of anilines is 1. The molecule has 1 fully saturated rings. The number of nitrogens with zero attached hydrogens (tertiary/aromatic N) is 2. The minimum absolute atomic E-state index is 0.0825. The number of rotatable bonds is 5. The number of morpholine rings is 1. The molecule has 0 saturated carbocycles. The second-order valence-electron chi connectivity index (χ2n) is 9.76. The third-order valence-electron chi connectivity index (χ3n) is 6.42. The molecule has 7 heteroatoms. The molecular weight excluding hydrogens is 446 g/mol. The van der Waals surface area contributed by atoms with Crippen LogP contribution in [0.15, 0.2) is 48.8 Å². The van der Waals surface area contributed by atoms with E-state index in [0.717, 1.165) is 51.6 Å². The first-order valence-corrected chi connectivity index (χ1v) is 12.5. The molecule has 176 valence electrons. The van der Waals surface area contributed by atoms with Crippen molar-refractivity contribution >= 4 is 28.0 Å². The highest BCUT2D eigenvalue weighted by Crippen LogP contribution is 2.49. The molecule has 34 heavy (non-hydrogen) atoms. The van der Waals surface area contributed by atoms with Gasteiger partial charge in [0.15, 0.2) is 5.78 Å². The Hall–Kier alpha value is -3.03. The molecule has 1 aromatic carbocycles. The van der Waals surface area contributed by atoms with Gasteiger partial charge < -0.3 is 15.0 Å². The molecule has 0 radical (unpaired) electrons. The Kier molecular flexibility index (Phi) is 6.23. The Labute approximate surface area is 204 Å². The van der Waals surface area contributed by atoms with E-state index in [2.05, 4.69) is 35.1 Å². The number of ether oxygens (including phenoxy) is 1. The summed E-state index contributed by atoms with van der Waals surface area (Å²) in [6, 6.07) is 11.6. The van der Waals surface area contributed by atoms with Gasteiger partial charge in [0.25, 0.3) is 5.91 Å². The first-order valence-electron chi connectivity index (χ1n) is 11.7. The van der Waals surface area contributed by atoms with Crippen LogP contribution in [0.3, 0.4) is 0 Å². The van der Waals surface area contributed by atoms with Gasteiger partial charge in [0.05, 0.1) is 23.1 Å². The van der Waals surface area contributed by atoms with Crippen molar-refractivity contribution in [1.82, 2.24) is 10.3 Å². The molecule has 1 N–H and O–H groups in total. The molecule has 3 aromatic rings. The molecule has 0 spiro atoms. The van der Waals surface area contributed by atoms with Gasteiger partial charge in [-0.25, -0.2) is 0 Å². The standard InChI is InChI=1S/C27H29N3O3S/c1-27(2)14-21-23(26(30-9-11-33-12-10-30)34-24(21)22(31)15-27)19-6-3-7-20(13-19)25(32)29-17-18-5-4-8-28-16-18/h3-8,13,16H,9-12,14-15,17H2,1-2H3,(H,29,32). The SMILES string of the molecule is CC1(C)CC(=O)c2sc(N3CCOCC3)c(-c3cccc(C(=O)NCc4cccnc4)c3)c2C1. The van der Waals surface area contributed by atoms with E-state index < -0.39 is 0 Å². The van der Waals surface area contributed by atoms with Crippen molar-refractivity contribution in [3.8, 4) is 11.1 Å². The maximum absolute atomic E-state index is 13.1. The molecule has 0 bridgehead atoms. The minimum Gasteiger partial charge on any atom is -0.378 e. The number of fused-ring (bicyclic) bond motifs is 1. The number of carbonyl (C=O) groups is 2. The topological polar surface area (TPSA) is 71.5 Å². The minimum atomic E-state index is -0.126. The predicted octanol–water partition coefficient (Wildman–Crippen LogP) is 4.73. The molecule has 1 saturated heterocycles. The van der Waals surface area contributed by atoms with E-state index in [0.29, 0.717) is 31.7 Å². The van der Waals surface area contributed by atoms with Crippen LogP contribution < -0.4 is 10.2 Å². The van der Waals surface area contributed by atoms with Crippen LogP contribution in [0.25, 0.3) is 11.1 Å². The number of carbonyl (C=O) groups excluding carboxylic acids is 2.